The summed E-state index contributed by atoms with van der Waals surface area (Å²) in [6.07, 6.45) is 4.65. The zero-order valence-electron chi connectivity index (χ0n) is 12.8. The van der Waals surface area contributed by atoms with Crippen molar-refractivity contribution in [3.05, 3.63) is 61.3 Å². The van der Waals surface area contributed by atoms with E-state index in [0.29, 0.717) is 13.1 Å². The van der Waals surface area contributed by atoms with Crippen LogP contribution in [0.25, 0.3) is 0 Å². The number of rotatable bonds is 8. The van der Waals surface area contributed by atoms with E-state index < -0.39 is 16.0 Å². The van der Waals surface area contributed by atoms with Crippen LogP contribution in [0.3, 0.4) is 0 Å². The molecule has 0 heterocycles. The van der Waals surface area contributed by atoms with Gasteiger partial charge in [0.05, 0.1) is 4.90 Å². The van der Waals surface area contributed by atoms with Crippen molar-refractivity contribution in [2.45, 2.75) is 4.90 Å². The Balaban J connectivity index is 2.93. The monoisotopic (exact) mass is 347 g/mol. The van der Waals surface area contributed by atoms with Gasteiger partial charge in [-0.15, -0.1) is 13.2 Å². The van der Waals surface area contributed by atoms with E-state index in [1.807, 2.05) is 6.07 Å². The summed E-state index contributed by atoms with van der Waals surface area (Å²) in [5.41, 5.74) is 0.157. The lowest BCUT2D eigenvalue weighted by atomic mass is 10.2. The molecule has 126 valence electrons. The van der Waals surface area contributed by atoms with Gasteiger partial charge in [-0.3, -0.25) is 9.35 Å². The van der Waals surface area contributed by atoms with Crippen LogP contribution < -0.4 is 5.32 Å². The number of benzene rings is 1. The molecule has 8 heteroatoms. The third kappa shape index (κ3) is 5.72. The molecule has 0 spiro atoms. The Kier molecular flexibility index (Phi) is 6.92. The lowest BCUT2D eigenvalue weighted by molar-refractivity contribution is -0.112. The number of nitrogens with zero attached hydrogens (tertiary/aromatic N) is 2. The van der Waals surface area contributed by atoms with Gasteiger partial charge in [-0.25, -0.2) is 0 Å². The van der Waals surface area contributed by atoms with E-state index in [1.54, 1.807) is 17.1 Å². The van der Waals surface area contributed by atoms with Gasteiger partial charge in [-0.1, -0.05) is 12.2 Å². The number of nitrogens with one attached hydrogen (secondary N) is 1. The normalized spacial score (nSPS) is 11.2. The second-order valence-corrected chi connectivity index (χ2v) is 6.06. The fourth-order valence-corrected chi connectivity index (χ4v) is 2.22. The predicted octanol–water partition coefficient (Wildman–Crippen LogP) is 1.95. The van der Waals surface area contributed by atoms with Crippen LogP contribution >= 0.6 is 0 Å². The number of nitriles is 1. The quantitative estimate of drug-likeness (QED) is 0.322. The molecule has 0 unspecified atom stereocenters. The lowest BCUT2D eigenvalue weighted by Gasteiger charge is -2.16. The molecule has 0 bridgehead atoms. The zero-order chi connectivity index (χ0) is 18.2. The summed E-state index contributed by atoms with van der Waals surface area (Å²) in [5, 5.41) is 11.6. The highest BCUT2D eigenvalue weighted by Gasteiger charge is 2.13. The van der Waals surface area contributed by atoms with Crippen LogP contribution in [-0.2, 0) is 14.9 Å². The molecule has 0 saturated heterocycles. The fourth-order valence-electron chi connectivity index (χ4n) is 1.74. The lowest BCUT2D eigenvalue weighted by Crippen LogP contribution is -2.21. The molecule has 0 atom stereocenters. The molecule has 7 nitrogen and oxygen atoms in total. The molecule has 1 aromatic carbocycles. The largest absolute Gasteiger partial charge is 0.369 e. The van der Waals surface area contributed by atoms with Crippen molar-refractivity contribution in [3.8, 4) is 6.07 Å². The summed E-state index contributed by atoms with van der Waals surface area (Å²) in [7, 11) is -4.30. The van der Waals surface area contributed by atoms with Crippen molar-refractivity contribution in [1.29, 1.82) is 5.26 Å². The molecule has 24 heavy (non-hydrogen) atoms. The summed E-state index contributed by atoms with van der Waals surface area (Å²) in [6.45, 7) is 8.07. The van der Waals surface area contributed by atoms with E-state index in [9.17, 15) is 13.2 Å². The van der Waals surface area contributed by atoms with Gasteiger partial charge in [0.2, 0.25) is 0 Å². The van der Waals surface area contributed by atoms with Gasteiger partial charge in [0, 0.05) is 25.0 Å². The van der Waals surface area contributed by atoms with Crippen molar-refractivity contribution >= 4 is 21.7 Å². The van der Waals surface area contributed by atoms with Crippen LogP contribution in [0, 0.1) is 11.3 Å². The van der Waals surface area contributed by atoms with E-state index >= 15 is 0 Å². The van der Waals surface area contributed by atoms with Gasteiger partial charge in [0.25, 0.3) is 16.0 Å². The zero-order valence-corrected chi connectivity index (χ0v) is 13.7. The molecule has 0 aliphatic carbocycles. The first kappa shape index (κ1) is 19.2. The Bertz CT molecular complexity index is 780. The van der Waals surface area contributed by atoms with Crippen LogP contribution in [0.2, 0.25) is 0 Å². The molecular formula is C16H17N3O4S. The van der Waals surface area contributed by atoms with Crippen LogP contribution in [0.4, 0.5) is 5.69 Å². The van der Waals surface area contributed by atoms with E-state index in [0.717, 1.165) is 12.1 Å². The number of amides is 1. The van der Waals surface area contributed by atoms with Gasteiger partial charge in [0.15, 0.2) is 0 Å². The maximum absolute atomic E-state index is 12.1. The average Bonchev–Trinajstić information content (AvgIpc) is 2.52. The molecule has 1 rings (SSSR count). The Morgan fingerprint density at radius 3 is 2.21 bits per heavy atom. The number of hydrogen-bond donors (Lipinski definition) is 2. The SMILES string of the molecule is C=CCN(/C=C(/C#N)C(=O)Nc1ccc(S(=O)(=O)O)cc1)CC=C. The summed E-state index contributed by atoms with van der Waals surface area (Å²) >= 11 is 0. The van der Waals surface area contributed by atoms with Crippen molar-refractivity contribution in [3.63, 3.8) is 0 Å². The van der Waals surface area contributed by atoms with Gasteiger partial charge in [-0.2, -0.15) is 13.7 Å². The molecule has 1 amide bonds. The molecule has 2 N–H and O–H groups in total. The Morgan fingerprint density at radius 2 is 1.79 bits per heavy atom. The van der Waals surface area contributed by atoms with Crippen molar-refractivity contribution in [2.75, 3.05) is 18.4 Å². The minimum absolute atomic E-state index is 0.127. The molecule has 0 fully saturated rings. The molecule has 0 aliphatic rings. The highest BCUT2D eigenvalue weighted by atomic mass is 32.2. The van der Waals surface area contributed by atoms with Crippen LogP contribution in [0.15, 0.2) is 66.2 Å². The fraction of sp³-hybridized carbons (Fsp3) is 0.125. The predicted molar refractivity (Wildman–Crippen MR) is 90.5 cm³/mol. The number of carbonyl (C=O) groups excluding carboxylic acids is 1. The van der Waals surface area contributed by atoms with Crippen molar-refractivity contribution in [1.82, 2.24) is 4.90 Å². The summed E-state index contributed by atoms with van der Waals surface area (Å²) < 4.78 is 30.8. The van der Waals surface area contributed by atoms with Crippen molar-refractivity contribution in [2.24, 2.45) is 0 Å². The van der Waals surface area contributed by atoms with Crippen LogP contribution in [0.5, 0.6) is 0 Å². The van der Waals surface area contributed by atoms with Gasteiger partial charge < -0.3 is 10.2 Å². The average molecular weight is 347 g/mol. The highest BCUT2D eigenvalue weighted by Crippen LogP contribution is 2.14. The Morgan fingerprint density at radius 1 is 1.25 bits per heavy atom. The molecule has 0 saturated carbocycles. The Hall–Kier alpha value is -2.89. The maximum Gasteiger partial charge on any atom is 0.294 e. The van der Waals surface area contributed by atoms with Gasteiger partial charge >= 0.3 is 0 Å². The number of carbonyl (C=O) groups is 1. The number of anilines is 1. The van der Waals surface area contributed by atoms with Crippen LogP contribution in [-0.4, -0.2) is 36.9 Å². The van der Waals surface area contributed by atoms with E-state index in [1.165, 1.54) is 18.3 Å². The molecule has 0 aliphatic heterocycles. The first-order chi connectivity index (χ1) is 11.3. The third-order valence-electron chi connectivity index (χ3n) is 2.81. The molecule has 0 aromatic heterocycles. The minimum Gasteiger partial charge on any atom is -0.369 e. The van der Waals surface area contributed by atoms with Crippen LogP contribution in [0.1, 0.15) is 0 Å². The van der Waals surface area contributed by atoms with Gasteiger partial charge in [0.1, 0.15) is 11.6 Å². The third-order valence-corrected chi connectivity index (χ3v) is 3.68. The smallest absolute Gasteiger partial charge is 0.294 e. The second-order valence-electron chi connectivity index (χ2n) is 4.64. The highest BCUT2D eigenvalue weighted by molar-refractivity contribution is 7.85. The van der Waals surface area contributed by atoms with E-state index in [4.69, 9.17) is 9.81 Å². The molecule has 1 aromatic rings. The standard InChI is InChI=1S/C16H17N3O4S/c1-3-9-19(10-4-2)12-13(11-17)16(20)18-14-5-7-15(8-6-14)24(21,22)23/h3-8,12H,1-2,9-10H2,(H,18,20)(H,21,22,23)/b13-12-. The first-order valence-corrected chi connectivity index (χ1v) is 8.22. The van der Waals surface area contributed by atoms with Gasteiger partial charge in [-0.05, 0) is 24.3 Å². The van der Waals surface area contributed by atoms with E-state index in [2.05, 4.69) is 18.5 Å². The van der Waals surface area contributed by atoms with E-state index in [-0.39, 0.29) is 16.2 Å². The second kappa shape index (κ2) is 8.67. The summed E-state index contributed by atoms with van der Waals surface area (Å²) in [6, 6.07) is 6.70. The maximum atomic E-state index is 12.1. The Labute approximate surface area is 141 Å². The summed E-state index contributed by atoms with van der Waals surface area (Å²) in [5.74, 6) is -0.643. The minimum atomic E-state index is -4.30. The molecule has 0 radical (unpaired) electrons. The van der Waals surface area contributed by atoms with Crippen molar-refractivity contribution < 1.29 is 17.8 Å². The first-order valence-electron chi connectivity index (χ1n) is 6.78. The molecular weight excluding hydrogens is 330 g/mol. The topological polar surface area (TPSA) is 111 Å². The summed E-state index contributed by atoms with van der Waals surface area (Å²) in [4.78, 5) is 13.5. The number of hydrogen-bond acceptors (Lipinski definition) is 5.